The van der Waals surface area contributed by atoms with Gasteiger partial charge in [-0.3, -0.25) is 0 Å². The van der Waals surface area contributed by atoms with E-state index in [0.29, 0.717) is 6.54 Å². The van der Waals surface area contributed by atoms with Gasteiger partial charge < -0.3 is 9.90 Å². The predicted octanol–water partition coefficient (Wildman–Crippen LogP) is 0.259. The molecule has 3 nitrogen and oxygen atoms in total. The minimum Gasteiger partial charge on any atom is -0.549 e. The van der Waals surface area contributed by atoms with Gasteiger partial charge in [0.15, 0.2) is 0 Å². The maximum Gasteiger partial charge on any atom is 0.279 e. The maximum absolute atomic E-state index is 9.80. The summed E-state index contributed by atoms with van der Waals surface area (Å²) >= 11 is 0. The lowest BCUT2D eigenvalue weighted by Gasteiger charge is -1.83. The summed E-state index contributed by atoms with van der Waals surface area (Å²) in [4.78, 5) is 13.5. The lowest BCUT2D eigenvalue weighted by atomic mass is 10.3. The summed E-state index contributed by atoms with van der Waals surface area (Å²) in [6, 6.07) is 2.38. The second kappa shape index (κ2) is 6.09. The number of carbonyl (C=O) groups excluding carboxylic acids is 1. The number of carboxylic acid groups (broad SMARTS) is 1. The number of hydrogen-bond acceptors (Lipinski definition) is 2. The zero-order chi connectivity index (χ0) is 7.82. The molecule has 3 heteroatoms. The van der Waals surface area contributed by atoms with Gasteiger partial charge in [-0.25, -0.2) is 0 Å². The van der Waals surface area contributed by atoms with Gasteiger partial charge in [-0.1, -0.05) is 11.8 Å². The van der Waals surface area contributed by atoms with Crippen LogP contribution in [0.15, 0.2) is 0 Å². The minimum absolute atomic E-state index is 0.191. The van der Waals surface area contributed by atoms with Crippen LogP contribution in [0.1, 0.15) is 26.2 Å². The summed E-state index contributed by atoms with van der Waals surface area (Å²) in [6.45, 7) is 2.72. The number of rotatable bonds is 3. The van der Waals surface area contributed by atoms with E-state index in [0.717, 1.165) is 12.8 Å². The quantitative estimate of drug-likeness (QED) is 0.529. The highest BCUT2D eigenvalue weighted by atomic mass is 16.4. The van der Waals surface area contributed by atoms with E-state index in [1.54, 1.807) is 0 Å². The van der Waals surface area contributed by atoms with Crippen LogP contribution in [0.4, 0.5) is 0 Å². The highest BCUT2D eigenvalue weighted by Crippen LogP contribution is 1.86. The van der Waals surface area contributed by atoms with Crippen molar-refractivity contribution in [3.63, 3.8) is 0 Å². The molecule has 0 bridgehead atoms. The van der Waals surface area contributed by atoms with Crippen molar-refractivity contribution in [1.29, 1.82) is 0 Å². The van der Waals surface area contributed by atoms with E-state index in [1.807, 2.05) is 6.92 Å². The van der Waals surface area contributed by atoms with E-state index in [4.69, 9.17) is 0 Å². The van der Waals surface area contributed by atoms with Gasteiger partial charge in [0.25, 0.3) is 12.6 Å². The third kappa shape index (κ3) is 6.96. The molecule has 0 fully saturated rings. The standard InChI is InChI=1S/C7H11NO2/c1-2-3-5-8-6-4-7(9)10/h2-5H2,1H3. The normalized spacial score (nSPS) is 8.10. The Kier molecular flexibility index (Phi) is 5.45. The van der Waals surface area contributed by atoms with Gasteiger partial charge in [0, 0.05) is 6.42 Å². The van der Waals surface area contributed by atoms with Crippen molar-refractivity contribution in [1.82, 2.24) is 0 Å². The molecule has 0 aliphatic carbocycles. The molecule has 0 unspecified atom stereocenters. The second-order valence-corrected chi connectivity index (χ2v) is 1.94. The van der Waals surface area contributed by atoms with Crippen molar-refractivity contribution < 1.29 is 9.90 Å². The van der Waals surface area contributed by atoms with Crippen LogP contribution in [0, 0.1) is 6.07 Å². The summed E-state index contributed by atoms with van der Waals surface area (Å²) < 4.78 is 0. The van der Waals surface area contributed by atoms with Crippen LogP contribution in [0.3, 0.4) is 0 Å². The fourth-order valence-corrected chi connectivity index (χ4v) is 0.437. The molecule has 0 radical (unpaired) electrons. The third-order valence-corrected chi connectivity index (χ3v) is 0.959. The molecule has 0 spiro atoms. The van der Waals surface area contributed by atoms with Crippen molar-refractivity contribution in [3.05, 3.63) is 4.85 Å². The summed E-state index contributed by atoms with van der Waals surface area (Å²) in [5.74, 6) is -1.12. The van der Waals surface area contributed by atoms with Crippen molar-refractivity contribution >= 4 is 5.97 Å². The monoisotopic (exact) mass is 141 g/mol. The molecule has 0 aromatic carbocycles. The molecule has 0 saturated carbocycles. The highest BCUT2D eigenvalue weighted by Gasteiger charge is 1.89. The summed E-state index contributed by atoms with van der Waals surface area (Å²) in [7, 11) is 0. The molecule has 0 atom stereocenters. The predicted molar refractivity (Wildman–Crippen MR) is 36.6 cm³/mol. The molecule has 0 rings (SSSR count). The molecule has 0 aromatic rings. The Bertz CT molecular complexity index is 155. The van der Waals surface area contributed by atoms with Crippen LogP contribution in [0.2, 0.25) is 0 Å². The van der Waals surface area contributed by atoms with Gasteiger partial charge in [-0.05, 0) is 6.42 Å². The van der Waals surface area contributed by atoms with E-state index < -0.39 is 5.97 Å². The largest absolute Gasteiger partial charge is 0.549 e. The van der Waals surface area contributed by atoms with Crippen molar-refractivity contribution in [2.45, 2.75) is 26.2 Å². The Morgan fingerprint density at radius 1 is 1.70 bits per heavy atom. The highest BCUT2D eigenvalue weighted by molar-refractivity contribution is 5.67. The van der Waals surface area contributed by atoms with E-state index in [1.165, 1.54) is 0 Å². The van der Waals surface area contributed by atoms with Crippen LogP contribution in [-0.4, -0.2) is 12.5 Å². The average molecular weight is 141 g/mol. The molecule has 0 saturated heterocycles. The molecule has 0 N–H and O–H groups in total. The van der Waals surface area contributed by atoms with Gasteiger partial charge in [0.1, 0.15) is 6.42 Å². The van der Waals surface area contributed by atoms with E-state index in [2.05, 4.69) is 10.9 Å². The first kappa shape index (κ1) is 8.96. The van der Waals surface area contributed by atoms with E-state index in [9.17, 15) is 9.90 Å². The zero-order valence-corrected chi connectivity index (χ0v) is 6.09. The molecule has 0 aromatic heterocycles. The first-order valence-electron chi connectivity index (χ1n) is 3.36. The SMILES string of the molecule is CCCC[N+]#CCC(=O)[O-]. The van der Waals surface area contributed by atoms with Crippen LogP contribution in [0.25, 0.3) is 4.85 Å². The fourth-order valence-electron chi connectivity index (χ4n) is 0.437. The van der Waals surface area contributed by atoms with Gasteiger partial charge in [-0.15, -0.1) is 0 Å². The number of unbranched alkanes of at least 4 members (excludes halogenated alkanes) is 1. The molecule has 10 heavy (non-hydrogen) atoms. The summed E-state index contributed by atoms with van der Waals surface area (Å²) in [5, 5.41) is 9.80. The van der Waals surface area contributed by atoms with Crippen molar-refractivity contribution in [2.24, 2.45) is 0 Å². The average Bonchev–Trinajstić information content (AvgIpc) is 1.87. The van der Waals surface area contributed by atoms with Gasteiger partial charge >= 0.3 is 0 Å². The van der Waals surface area contributed by atoms with Crippen LogP contribution >= 0.6 is 0 Å². The van der Waals surface area contributed by atoms with Crippen LogP contribution in [0.5, 0.6) is 0 Å². The first-order valence-corrected chi connectivity index (χ1v) is 3.36. The molecule has 56 valence electrons. The Balaban J connectivity index is 3.23. The van der Waals surface area contributed by atoms with E-state index in [-0.39, 0.29) is 6.42 Å². The minimum atomic E-state index is -1.12. The number of nitrogens with zero attached hydrogens (tertiary/aromatic N) is 1. The maximum atomic E-state index is 9.80. The first-order chi connectivity index (χ1) is 4.77. The second-order valence-electron chi connectivity index (χ2n) is 1.94. The van der Waals surface area contributed by atoms with Crippen molar-refractivity contribution in [3.8, 4) is 6.07 Å². The molecule has 0 aliphatic rings. The van der Waals surface area contributed by atoms with Gasteiger partial charge in [0.05, 0.1) is 5.97 Å². The fraction of sp³-hybridized carbons (Fsp3) is 0.714. The summed E-state index contributed by atoms with van der Waals surface area (Å²) in [5.41, 5.74) is 0. The number of carboxylic acids is 1. The van der Waals surface area contributed by atoms with Gasteiger partial charge in [0.2, 0.25) is 0 Å². The van der Waals surface area contributed by atoms with Crippen molar-refractivity contribution in [2.75, 3.05) is 6.54 Å². The number of aliphatic carboxylic acids is 1. The lowest BCUT2D eigenvalue weighted by molar-refractivity contribution is -0.304. The molecule has 0 aliphatic heterocycles. The molecule has 0 heterocycles. The Labute approximate surface area is 60.5 Å². The summed E-state index contributed by atoms with van der Waals surface area (Å²) in [6.07, 6.45) is 1.86. The third-order valence-electron chi connectivity index (χ3n) is 0.959. The molecular weight excluding hydrogens is 130 g/mol. The lowest BCUT2D eigenvalue weighted by Crippen LogP contribution is -2.20. The molecular formula is C7H11NO2. The van der Waals surface area contributed by atoms with E-state index >= 15 is 0 Å². The Hall–Kier alpha value is -1.04. The smallest absolute Gasteiger partial charge is 0.279 e. The van der Waals surface area contributed by atoms with Crippen LogP contribution < -0.4 is 5.11 Å². The molecule has 0 amide bonds. The topological polar surface area (TPSA) is 44.5 Å². The number of hydrogen-bond donors (Lipinski definition) is 0. The van der Waals surface area contributed by atoms with Gasteiger partial charge in [-0.2, -0.15) is 0 Å². The van der Waals surface area contributed by atoms with Crippen LogP contribution in [-0.2, 0) is 4.79 Å². The number of carbonyl (C=O) groups is 1. The Morgan fingerprint density at radius 2 is 2.40 bits per heavy atom. The zero-order valence-electron chi connectivity index (χ0n) is 6.09. The Morgan fingerprint density at radius 3 is 2.90 bits per heavy atom.